The van der Waals surface area contributed by atoms with Gasteiger partial charge in [0, 0.05) is 6.07 Å². The van der Waals surface area contributed by atoms with Crippen LogP contribution >= 0.6 is 0 Å². The van der Waals surface area contributed by atoms with E-state index in [9.17, 15) is 18.0 Å². The van der Waals surface area contributed by atoms with Gasteiger partial charge in [-0.3, -0.25) is 4.79 Å². The van der Waals surface area contributed by atoms with Crippen LogP contribution in [0.2, 0.25) is 0 Å². The van der Waals surface area contributed by atoms with Gasteiger partial charge < -0.3 is 4.74 Å². The van der Waals surface area contributed by atoms with E-state index in [4.69, 9.17) is 4.74 Å². The van der Waals surface area contributed by atoms with Crippen LogP contribution in [-0.4, -0.2) is 23.0 Å². The molecule has 7 heteroatoms. The molecule has 2 rings (SSSR count). The minimum absolute atomic E-state index is 0.0617. The van der Waals surface area contributed by atoms with Crippen LogP contribution in [0, 0.1) is 0 Å². The van der Waals surface area contributed by atoms with Crippen LogP contribution in [0.5, 0.6) is 5.88 Å². The van der Waals surface area contributed by atoms with Gasteiger partial charge in [0.2, 0.25) is 5.88 Å². The second kappa shape index (κ2) is 3.76. The number of carbonyl (C=O) groups is 1. The lowest BCUT2D eigenvalue weighted by Gasteiger charge is -2.02. The summed E-state index contributed by atoms with van der Waals surface area (Å²) in [7, 11) is 1.31. The van der Waals surface area contributed by atoms with E-state index in [1.807, 2.05) is 0 Å². The van der Waals surface area contributed by atoms with Crippen LogP contribution in [0.15, 0.2) is 18.2 Å². The molecule has 0 unspecified atom stereocenters. The minimum Gasteiger partial charge on any atom is -0.481 e. The summed E-state index contributed by atoms with van der Waals surface area (Å²) in [5.41, 5.74) is -1.64. The number of rotatable bonds is 2. The van der Waals surface area contributed by atoms with E-state index in [1.165, 1.54) is 25.3 Å². The molecule has 2 heterocycles. The lowest BCUT2D eigenvalue weighted by molar-refractivity contribution is -0.141. The molecule has 0 aliphatic rings. The fraction of sp³-hybridized carbons (Fsp3) is 0.200. The molecule has 0 spiro atoms. The first-order valence-corrected chi connectivity index (χ1v) is 4.57. The smallest absolute Gasteiger partial charge is 0.435 e. The summed E-state index contributed by atoms with van der Waals surface area (Å²) in [4.78, 5) is 10.8. The van der Waals surface area contributed by atoms with Crippen molar-refractivity contribution in [3.05, 3.63) is 29.5 Å². The van der Waals surface area contributed by atoms with E-state index in [2.05, 4.69) is 5.10 Å². The molecule has 17 heavy (non-hydrogen) atoms. The Morgan fingerprint density at radius 3 is 2.65 bits per heavy atom. The Morgan fingerprint density at radius 2 is 2.12 bits per heavy atom. The number of hydrogen-bond donors (Lipinski definition) is 0. The number of ether oxygens (including phenoxy) is 1. The predicted molar refractivity (Wildman–Crippen MR) is 52.1 cm³/mol. The molecule has 0 aliphatic heterocycles. The highest BCUT2D eigenvalue weighted by atomic mass is 19.4. The van der Waals surface area contributed by atoms with Crippen LogP contribution < -0.4 is 4.74 Å². The normalized spacial score (nSPS) is 11.8. The molecule has 0 N–H and O–H groups in total. The summed E-state index contributed by atoms with van der Waals surface area (Å²) in [5, 5.41) is 3.36. The van der Waals surface area contributed by atoms with Gasteiger partial charge in [0.15, 0.2) is 12.0 Å². The average Bonchev–Trinajstić information content (AvgIpc) is 2.66. The summed E-state index contributed by atoms with van der Waals surface area (Å²) >= 11 is 0. The number of fused-ring (bicyclic) bond motifs is 1. The molecular weight excluding hydrogens is 237 g/mol. The zero-order valence-corrected chi connectivity index (χ0v) is 8.65. The fourth-order valence-electron chi connectivity index (χ4n) is 1.54. The van der Waals surface area contributed by atoms with Crippen molar-refractivity contribution < 1.29 is 22.7 Å². The van der Waals surface area contributed by atoms with Crippen LogP contribution in [-0.2, 0) is 6.18 Å². The number of nitrogens with zero attached hydrogens (tertiary/aromatic N) is 2. The SMILES string of the molecule is COc1cccc2c(C=O)c(C(F)(F)F)nn12. The molecule has 0 fully saturated rings. The van der Waals surface area contributed by atoms with Crippen molar-refractivity contribution in [3.63, 3.8) is 0 Å². The highest BCUT2D eigenvalue weighted by Crippen LogP contribution is 2.33. The molecule has 90 valence electrons. The summed E-state index contributed by atoms with van der Waals surface area (Å²) < 4.78 is 43.7. The van der Waals surface area contributed by atoms with Crippen LogP contribution in [0.25, 0.3) is 5.52 Å². The lowest BCUT2D eigenvalue weighted by atomic mass is 10.2. The number of alkyl halides is 3. The van der Waals surface area contributed by atoms with E-state index >= 15 is 0 Å². The highest BCUT2D eigenvalue weighted by molar-refractivity contribution is 5.88. The Hall–Kier alpha value is -2.05. The second-order valence-corrected chi connectivity index (χ2v) is 3.24. The Bertz CT molecular complexity index is 575. The zero-order valence-electron chi connectivity index (χ0n) is 8.65. The monoisotopic (exact) mass is 244 g/mol. The van der Waals surface area contributed by atoms with Gasteiger partial charge in [-0.1, -0.05) is 6.07 Å². The number of carbonyl (C=O) groups excluding carboxylic acids is 1. The molecule has 2 aromatic rings. The standard InChI is InChI=1S/C10H7F3N2O2/c1-17-8-4-2-3-7-6(5-16)9(10(11,12)13)14-15(7)8/h2-5H,1H3. The Kier molecular flexibility index (Phi) is 2.53. The predicted octanol–water partition coefficient (Wildman–Crippen LogP) is 2.17. The van der Waals surface area contributed by atoms with E-state index in [-0.39, 0.29) is 17.7 Å². The summed E-state index contributed by atoms with van der Waals surface area (Å²) in [6, 6.07) is 4.31. The lowest BCUT2D eigenvalue weighted by Crippen LogP contribution is -2.08. The van der Waals surface area contributed by atoms with E-state index < -0.39 is 17.4 Å². The number of halogens is 3. The Balaban J connectivity index is 2.84. The molecule has 0 aromatic carbocycles. The molecule has 0 aliphatic carbocycles. The maximum Gasteiger partial charge on any atom is 0.435 e. The van der Waals surface area contributed by atoms with Crippen molar-refractivity contribution in [2.24, 2.45) is 0 Å². The minimum atomic E-state index is -4.67. The third-order valence-corrected chi connectivity index (χ3v) is 2.26. The fourth-order valence-corrected chi connectivity index (χ4v) is 1.54. The number of pyridine rings is 1. The van der Waals surface area contributed by atoms with Crippen LogP contribution in [0.3, 0.4) is 0 Å². The molecule has 0 atom stereocenters. The maximum absolute atomic E-state index is 12.6. The van der Waals surface area contributed by atoms with Crippen LogP contribution in [0.4, 0.5) is 13.2 Å². The summed E-state index contributed by atoms with van der Waals surface area (Å²) in [6.07, 6.45) is -4.53. The maximum atomic E-state index is 12.6. The van der Waals surface area contributed by atoms with Gasteiger partial charge in [0.25, 0.3) is 0 Å². The molecule has 0 saturated carbocycles. The molecule has 0 bridgehead atoms. The van der Waals surface area contributed by atoms with Crippen molar-refractivity contribution in [3.8, 4) is 5.88 Å². The molecule has 4 nitrogen and oxygen atoms in total. The van der Waals surface area contributed by atoms with E-state index in [0.717, 1.165) is 4.52 Å². The average molecular weight is 244 g/mol. The first kappa shape index (κ1) is 11.4. The van der Waals surface area contributed by atoms with Crippen molar-refractivity contribution in [2.75, 3.05) is 7.11 Å². The largest absolute Gasteiger partial charge is 0.481 e. The third kappa shape index (κ3) is 1.73. The summed E-state index contributed by atoms with van der Waals surface area (Å²) in [5.74, 6) is 0.126. The molecule has 0 amide bonds. The van der Waals surface area contributed by atoms with Gasteiger partial charge in [-0.05, 0) is 6.07 Å². The van der Waals surface area contributed by atoms with Crippen LogP contribution in [0.1, 0.15) is 16.1 Å². The van der Waals surface area contributed by atoms with Gasteiger partial charge >= 0.3 is 6.18 Å². The molecule has 0 radical (unpaired) electrons. The Morgan fingerprint density at radius 1 is 1.41 bits per heavy atom. The van der Waals surface area contributed by atoms with Gasteiger partial charge in [-0.2, -0.15) is 22.8 Å². The van der Waals surface area contributed by atoms with Gasteiger partial charge in [0.05, 0.1) is 18.2 Å². The van der Waals surface area contributed by atoms with Crippen molar-refractivity contribution in [1.29, 1.82) is 0 Å². The number of aldehydes is 1. The summed E-state index contributed by atoms with van der Waals surface area (Å²) in [6.45, 7) is 0. The van der Waals surface area contributed by atoms with Gasteiger partial charge in [-0.15, -0.1) is 0 Å². The number of aromatic nitrogens is 2. The quantitative estimate of drug-likeness (QED) is 0.760. The topological polar surface area (TPSA) is 43.6 Å². The van der Waals surface area contributed by atoms with E-state index in [1.54, 1.807) is 0 Å². The molecule has 2 aromatic heterocycles. The van der Waals surface area contributed by atoms with Crippen molar-refractivity contribution in [1.82, 2.24) is 9.61 Å². The van der Waals surface area contributed by atoms with Gasteiger partial charge in [0.1, 0.15) is 0 Å². The first-order valence-electron chi connectivity index (χ1n) is 4.57. The number of methoxy groups -OCH3 is 1. The third-order valence-electron chi connectivity index (χ3n) is 2.26. The van der Waals surface area contributed by atoms with Gasteiger partial charge in [-0.25, -0.2) is 0 Å². The zero-order chi connectivity index (χ0) is 12.6. The first-order chi connectivity index (χ1) is 7.99. The van der Waals surface area contributed by atoms with Crippen molar-refractivity contribution >= 4 is 11.8 Å². The second-order valence-electron chi connectivity index (χ2n) is 3.24. The highest BCUT2D eigenvalue weighted by Gasteiger charge is 2.38. The Labute approximate surface area is 93.6 Å². The number of hydrogen-bond acceptors (Lipinski definition) is 3. The molecule has 0 saturated heterocycles. The van der Waals surface area contributed by atoms with Crippen molar-refractivity contribution in [2.45, 2.75) is 6.18 Å². The molecular formula is C10H7F3N2O2. The van der Waals surface area contributed by atoms with E-state index in [0.29, 0.717) is 0 Å².